The van der Waals surface area contributed by atoms with E-state index in [-0.39, 0.29) is 24.2 Å². The van der Waals surface area contributed by atoms with Gasteiger partial charge < -0.3 is 15.2 Å². The van der Waals surface area contributed by atoms with Crippen molar-refractivity contribution in [1.29, 1.82) is 0 Å². The van der Waals surface area contributed by atoms with Crippen LogP contribution < -0.4 is 10.1 Å². The summed E-state index contributed by atoms with van der Waals surface area (Å²) in [5.74, 6) is -0.500. The predicted molar refractivity (Wildman–Crippen MR) is 89.4 cm³/mol. The molecule has 2 atom stereocenters. The van der Waals surface area contributed by atoms with Gasteiger partial charge in [-0.2, -0.15) is 0 Å². The molecule has 1 aromatic carbocycles. The Morgan fingerprint density at radius 1 is 1.22 bits per heavy atom. The Morgan fingerprint density at radius 2 is 1.83 bits per heavy atom. The molecule has 0 aliphatic heterocycles. The third kappa shape index (κ3) is 6.30. The zero-order valence-corrected chi connectivity index (χ0v) is 14.3. The number of carboxylic acid groups (broad SMARTS) is 1. The molecule has 2 N–H and O–H groups in total. The van der Waals surface area contributed by atoms with Gasteiger partial charge in [-0.15, -0.1) is 0 Å². The zero-order valence-electron chi connectivity index (χ0n) is 14.3. The van der Waals surface area contributed by atoms with Crippen LogP contribution >= 0.6 is 0 Å². The van der Waals surface area contributed by atoms with E-state index in [4.69, 9.17) is 9.84 Å². The lowest BCUT2D eigenvalue weighted by molar-refractivity contribution is -0.139. The Hall–Kier alpha value is -2.04. The standard InChI is InChI=1S/C18H27NO4/c1-13(2)18(4,12-16(20)21)19-17(22)14(3)10-11-23-15-8-6-5-7-9-15/h5-9,13-14H,10-12H2,1-4H3,(H,19,22)(H,20,21). The topological polar surface area (TPSA) is 75.6 Å². The second-order valence-electron chi connectivity index (χ2n) is 6.48. The number of benzene rings is 1. The minimum atomic E-state index is -0.915. The fraction of sp³-hybridized carbons (Fsp3) is 0.556. The van der Waals surface area contributed by atoms with Crippen molar-refractivity contribution in [3.05, 3.63) is 30.3 Å². The van der Waals surface area contributed by atoms with Crippen molar-refractivity contribution in [2.45, 2.75) is 46.1 Å². The van der Waals surface area contributed by atoms with E-state index in [1.807, 2.05) is 51.1 Å². The van der Waals surface area contributed by atoms with Crippen molar-refractivity contribution < 1.29 is 19.4 Å². The Balaban J connectivity index is 2.50. The van der Waals surface area contributed by atoms with Crippen molar-refractivity contribution in [2.75, 3.05) is 6.61 Å². The Bertz CT molecular complexity index is 515. The highest BCUT2D eigenvalue weighted by Crippen LogP contribution is 2.22. The van der Waals surface area contributed by atoms with Crippen molar-refractivity contribution in [1.82, 2.24) is 5.32 Å². The molecule has 0 heterocycles. The molecule has 5 nitrogen and oxygen atoms in total. The van der Waals surface area contributed by atoms with E-state index in [1.54, 1.807) is 6.92 Å². The van der Waals surface area contributed by atoms with Gasteiger partial charge in [0.15, 0.2) is 0 Å². The number of hydrogen-bond acceptors (Lipinski definition) is 3. The molecule has 0 aliphatic rings. The molecule has 0 saturated heterocycles. The first-order valence-corrected chi connectivity index (χ1v) is 7.96. The molecule has 128 valence electrons. The quantitative estimate of drug-likeness (QED) is 0.733. The average molecular weight is 321 g/mol. The predicted octanol–water partition coefficient (Wildman–Crippen LogP) is 3.10. The van der Waals surface area contributed by atoms with Gasteiger partial charge >= 0.3 is 5.97 Å². The molecule has 0 aromatic heterocycles. The van der Waals surface area contributed by atoms with Crippen molar-refractivity contribution in [2.24, 2.45) is 11.8 Å². The van der Waals surface area contributed by atoms with E-state index in [9.17, 15) is 9.59 Å². The van der Waals surface area contributed by atoms with Crippen LogP contribution in [-0.4, -0.2) is 29.1 Å². The van der Waals surface area contributed by atoms with E-state index in [2.05, 4.69) is 5.32 Å². The molecule has 2 unspecified atom stereocenters. The second kappa shape index (κ2) is 8.56. The molecule has 0 aliphatic carbocycles. The van der Waals surface area contributed by atoms with Crippen molar-refractivity contribution >= 4 is 11.9 Å². The summed E-state index contributed by atoms with van der Waals surface area (Å²) in [6, 6.07) is 9.44. The average Bonchev–Trinajstić information content (AvgIpc) is 2.47. The van der Waals surface area contributed by atoms with Crippen LogP contribution in [0.4, 0.5) is 0 Å². The van der Waals surface area contributed by atoms with Crippen LogP contribution in [0.1, 0.15) is 40.5 Å². The van der Waals surface area contributed by atoms with E-state index in [0.717, 1.165) is 5.75 Å². The number of hydrogen-bond donors (Lipinski definition) is 2. The number of amides is 1. The van der Waals surface area contributed by atoms with Gasteiger partial charge in [-0.05, 0) is 31.4 Å². The third-order valence-electron chi connectivity index (χ3n) is 4.21. The number of nitrogens with one attached hydrogen (secondary N) is 1. The fourth-order valence-electron chi connectivity index (χ4n) is 2.11. The number of ether oxygens (including phenoxy) is 1. The Morgan fingerprint density at radius 3 is 2.35 bits per heavy atom. The molecular weight excluding hydrogens is 294 g/mol. The summed E-state index contributed by atoms with van der Waals surface area (Å²) < 4.78 is 5.59. The molecule has 0 saturated carbocycles. The maximum Gasteiger partial charge on any atom is 0.305 e. The highest BCUT2D eigenvalue weighted by atomic mass is 16.5. The van der Waals surface area contributed by atoms with Crippen LogP contribution in [-0.2, 0) is 9.59 Å². The van der Waals surface area contributed by atoms with Gasteiger partial charge in [-0.1, -0.05) is 39.0 Å². The molecule has 0 radical (unpaired) electrons. The molecule has 0 bridgehead atoms. The van der Waals surface area contributed by atoms with E-state index in [1.165, 1.54) is 0 Å². The normalized spacial score (nSPS) is 14.8. The Labute approximate surface area is 138 Å². The zero-order chi connectivity index (χ0) is 17.5. The first-order chi connectivity index (χ1) is 10.7. The van der Waals surface area contributed by atoms with Crippen LogP contribution in [0, 0.1) is 11.8 Å². The van der Waals surface area contributed by atoms with Crippen LogP contribution in [0.2, 0.25) is 0 Å². The van der Waals surface area contributed by atoms with Gasteiger partial charge in [0, 0.05) is 11.5 Å². The van der Waals surface area contributed by atoms with Crippen LogP contribution in [0.15, 0.2) is 30.3 Å². The van der Waals surface area contributed by atoms with E-state index < -0.39 is 11.5 Å². The molecule has 0 fully saturated rings. The van der Waals surface area contributed by atoms with Crippen LogP contribution in [0.3, 0.4) is 0 Å². The molecule has 0 spiro atoms. The summed E-state index contributed by atoms with van der Waals surface area (Å²) in [5.41, 5.74) is -0.753. The summed E-state index contributed by atoms with van der Waals surface area (Å²) in [5, 5.41) is 11.9. The highest BCUT2D eigenvalue weighted by molar-refractivity contribution is 5.80. The molecule has 1 rings (SSSR count). The molecule has 23 heavy (non-hydrogen) atoms. The van der Waals surface area contributed by atoms with Gasteiger partial charge in [0.1, 0.15) is 5.75 Å². The Kier molecular flexibility index (Phi) is 7.07. The number of carbonyl (C=O) groups is 2. The van der Waals surface area contributed by atoms with Gasteiger partial charge in [-0.3, -0.25) is 9.59 Å². The summed E-state index contributed by atoms with van der Waals surface area (Å²) in [6.07, 6.45) is 0.478. The number of carboxylic acids is 1. The molecular formula is C18H27NO4. The summed E-state index contributed by atoms with van der Waals surface area (Å²) in [7, 11) is 0. The van der Waals surface area contributed by atoms with Crippen LogP contribution in [0.25, 0.3) is 0 Å². The highest BCUT2D eigenvalue weighted by Gasteiger charge is 2.33. The first-order valence-electron chi connectivity index (χ1n) is 7.96. The summed E-state index contributed by atoms with van der Waals surface area (Å²) in [4.78, 5) is 23.4. The summed E-state index contributed by atoms with van der Waals surface area (Å²) >= 11 is 0. The maximum atomic E-state index is 12.3. The van der Waals surface area contributed by atoms with E-state index >= 15 is 0 Å². The smallest absolute Gasteiger partial charge is 0.305 e. The van der Waals surface area contributed by atoms with Crippen molar-refractivity contribution in [3.8, 4) is 5.75 Å². The monoisotopic (exact) mass is 321 g/mol. The largest absolute Gasteiger partial charge is 0.494 e. The lowest BCUT2D eigenvalue weighted by Gasteiger charge is -2.34. The number of rotatable bonds is 9. The van der Waals surface area contributed by atoms with E-state index in [0.29, 0.717) is 13.0 Å². The lowest BCUT2D eigenvalue weighted by Crippen LogP contribution is -2.52. The second-order valence-corrected chi connectivity index (χ2v) is 6.48. The third-order valence-corrected chi connectivity index (χ3v) is 4.21. The SMILES string of the molecule is CC(CCOc1ccccc1)C(=O)NC(C)(CC(=O)O)C(C)C. The van der Waals surface area contributed by atoms with Gasteiger partial charge in [0.2, 0.25) is 5.91 Å². The first kappa shape index (κ1) is 19.0. The lowest BCUT2D eigenvalue weighted by atomic mass is 9.84. The van der Waals surface area contributed by atoms with Gasteiger partial charge in [0.05, 0.1) is 13.0 Å². The number of para-hydroxylation sites is 1. The fourth-order valence-corrected chi connectivity index (χ4v) is 2.11. The molecule has 5 heteroatoms. The van der Waals surface area contributed by atoms with Crippen molar-refractivity contribution in [3.63, 3.8) is 0 Å². The maximum absolute atomic E-state index is 12.3. The number of aliphatic carboxylic acids is 1. The minimum Gasteiger partial charge on any atom is -0.494 e. The molecule has 1 aromatic rings. The van der Waals surface area contributed by atoms with Gasteiger partial charge in [0.25, 0.3) is 0 Å². The number of carbonyl (C=O) groups excluding carboxylic acids is 1. The molecule has 1 amide bonds. The van der Waals surface area contributed by atoms with Gasteiger partial charge in [-0.25, -0.2) is 0 Å². The summed E-state index contributed by atoms with van der Waals surface area (Å²) in [6.45, 7) is 7.86. The van der Waals surface area contributed by atoms with Crippen LogP contribution in [0.5, 0.6) is 5.75 Å². The minimum absolute atomic E-state index is 0.0234.